The maximum Gasteiger partial charge on any atom is 0.313 e. The van der Waals surface area contributed by atoms with E-state index >= 15 is 0 Å². The smallest absolute Gasteiger partial charge is 0.313 e. The van der Waals surface area contributed by atoms with Gasteiger partial charge in [-0.05, 0) is 30.6 Å². The minimum absolute atomic E-state index is 0.00303. The number of ether oxygens (including phenoxy) is 1. The number of carbonyl (C=O) groups is 2. The van der Waals surface area contributed by atoms with Crippen LogP contribution in [0.4, 0.5) is 0 Å². The molecule has 0 aromatic rings. The molecule has 2 aliphatic carbocycles. The molecule has 1 saturated heterocycles. The van der Waals surface area contributed by atoms with E-state index in [0.29, 0.717) is 18.9 Å². The summed E-state index contributed by atoms with van der Waals surface area (Å²) in [5.41, 5.74) is -0.436. The Bertz CT molecular complexity index is 371. The van der Waals surface area contributed by atoms with Gasteiger partial charge in [0.15, 0.2) is 0 Å². The van der Waals surface area contributed by atoms with Crippen molar-refractivity contribution in [2.24, 2.45) is 22.7 Å². The average molecular weight is 222 g/mol. The van der Waals surface area contributed by atoms with Gasteiger partial charge in [0.25, 0.3) is 0 Å². The molecule has 3 nitrogen and oxygen atoms in total. The first-order chi connectivity index (χ1) is 7.51. The first-order valence-corrected chi connectivity index (χ1v) is 6.21. The molecule has 2 saturated carbocycles. The Kier molecular flexibility index (Phi) is 1.85. The maximum atomic E-state index is 12.1. The van der Waals surface area contributed by atoms with E-state index in [1.807, 2.05) is 0 Å². The van der Waals surface area contributed by atoms with Crippen LogP contribution in [0.3, 0.4) is 0 Å². The van der Waals surface area contributed by atoms with Crippen molar-refractivity contribution in [1.82, 2.24) is 0 Å². The Balaban J connectivity index is 2.06. The van der Waals surface area contributed by atoms with Crippen molar-refractivity contribution < 1.29 is 14.3 Å². The third kappa shape index (κ3) is 0.910. The lowest BCUT2D eigenvalue weighted by Gasteiger charge is -2.67. The summed E-state index contributed by atoms with van der Waals surface area (Å²) < 4.78 is 5.22. The zero-order chi connectivity index (χ0) is 11.6. The lowest BCUT2D eigenvalue weighted by Crippen LogP contribution is -2.71. The quantitative estimate of drug-likeness (QED) is 0.588. The number of esters is 1. The Hall–Kier alpha value is -0.860. The summed E-state index contributed by atoms with van der Waals surface area (Å²) >= 11 is 0. The van der Waals surface area contributed by atoms with E-state index in [4.69, 9.17) is 4.74 Å². The van der Waals surface area contributed by atoms with Gasteiger partial charge >= 0.3 is 5.97 Å². The zero-order valence-electron chi connectivity index (χ0n) is 9.91. The van der Waals surface area contributed by atoms with E-state index in [9.17, 15) is 9.59 Å². The predicted molar refractivity (Wildman–Crippen MR) is 57.6 cm³/mol. The summed E-state index contributed by atoms with van der Waals surface area (Å²) in [6.45, 7) is 4.82. The van der Waals surface area contributed by atoms with Crippen molar-refractivity contribution in [2.45, 2.75) is 39.5 Å². The van der Waals surface area contributed by atoms with Gasteiger partial charge in [0.05, 0.1) is 12.0 Å². The Morgan fingerprint density at radius 3 is 2.81 bits per heavy atom. The Labute approximate surface area is 95.5 Å². The Morgan fingerprint density at radius 2 is 2.06 bits per heavy atom. The molecule has 3 fully saturated rings. The van der Waals surface area contributed by atoms with Crippen LogP contribution in [0.15, 0.2) is 0 Å². The molecule has 0 radical (unpaired) electrons. The number of hydrogen-bond acceptors (Lipinski definition) is 3. The molecule has 0 bridgehead atoms. The summed E-state index contributed by atoms with van der Waals surface area (Å²) in [4.78, 5) is 24.1. The highest BCUT2D eigenvalue weighted by molar-refractivity contribution is 5.94. The van der Waals surface area contributed by atoms with Crippen LogP contribution in [0.2, 0.25) is 0 Å². The minimum Gasteiger partial charge on any atom is -0.465 e. The molecule has 3 heteroatoms. The summed E-state index contributed by atoms with van der Waals surface area (Å²) in [5.74, 6) is 0.467. The molecule has 3 rings (SSSR count). The van der Waals surface area contributed by atoms with Crippen LogP contribution in [0, 0.1) is 22.7 Å². The third-order valence-electron chi connectivity index (χ3n) is 5.13. The van der Waals surface area contributed by atoms with Crippen LogP contribution in [0.1, 0.15) is 39.5 Å². The number of ketones is 1. The molecule has 0 unspecified atom stereocenters. The normalized spacial score (nSPS) is 45.1. The first kappa shape index (κ1) is 10.3. The topological polar surface area (TPSA) is 43.4 Å². The van der Waals surface area contributed by atoms with Crippen LogP contribution in [0.25, 0.3) is 0 Å². The highest BCUT2D eigenvalue weighted by Gasteiger charge is 2.74. The van der Waals surface area contributed by atoms with Crippen LogP contribution >= 0.6 is 0 Å². The van der Waals surface area contributed by atoms with Gasteiger partial charge in [-0.2, -0.15) is 0 Å². The molecule has 3 aliphatic rings. The lowest BCUT2D eigenvalue weighted by atomic mass is 9.35. The van der Waals surface area contributed by atoms with E-state index < -0.39 is 5.41 Å². The highest BCUT2D eigenvalue weighted by atomic mass is 16.5. The number of hydrogen-bond donors (Lipinski definition) is 0. The fourth-order valence-corrected chi connectivity index (χ4v) is 4.75. The van der Waals surface area contributed by atoms with Crippen LogP contribution in [-0.4, -0.2) is 18.4 Å². The van der Waals surface area contributed by atoms with Crippen LogP contribution in [-0.2, 0) is 14.3 Å². The minimum atomic E-state index is -0.433. The molecule has 0 aromatic heterocycles. The molecule has 1 heterocycles. The maximum absolute atomic E-state index is 12.1. The fourth-order valence-electron chi connectivity index (χ4n) is 4.75. The molecular formula is C13H18O3. The monoisotopic (exact) mass is 222 g/mol. The second-order valence-electron chi connectivity index (χ2n) is 6.09. The molecule has 0 aromatic carbocycles. The molecule has 1 aliphatic heterocycles. The SMILES string of the molecule is CC1(C)[C@H]2CCOC(=O)[C@]23CCCC(=O)[C@H]13. The van der Waals surface area contributed by atoms with Gasteiger partial charge in [0.1, 0.15) is 5.78 Å². The second-order valence-corrected chi connectivity index (χ2v) is 6.09. The standard InChI is InChI=1S/C13H18O3/c1-12(2)9-5-7-16-11(15)13(9)6-3-4-8(14)10(12)13/h9-10H,3-7H2,1-2H3/t9-,10-,13-/m1/s1. The third-order valence-corrected chi connectivity index (χ3v) is 5.13. The van der Waals surface area contributed by atoms with Crippen molar-refractivity contribution in [3.05, 3.63) is 0 Å². The van der Waals surface area contributed by atoms with Gasteiger partial charge < -0.3 is 4.74 Å². The van der Waals surface area contributed by atoms with Gasteiger partial charge in [-0.25, -0.2) is 0 Å². The van der Waals surface area contributed by atoms with Gasteiger partial charge in [0.2, 0.25) is 0 Å². The van der Waals surface area contributed by atoms with Crippen LogP contribution in [0.5, 0.6) is 0 Å². The van der Waals surface area contributed by atoms with Crippen molar-refractivity contribution in [1.29, 1.82) is 0 Å². The van der Waals surface area contributed by atoms with E-state index in [-0.39, 0.29) is 23.1 Å². The van der Waals surface area contributed by atoms with E-state index in [1.54, 1.807) is 0 Å². The van der Waals surface area contributed by atoms with E-state index in [1.165, 1.54) is 0 Å². The van der Waals surface area contributed by atoms with Gasteiger partial charge in [-0.1, -0.05) is 13.8 Å². The summed E-state index contributed by atoms with van der Waals surface area (Å²) in [6, 6.07) is 0. The molecule has 0 amide bonds. The lowest BCUT2D eigenvalue weighted by molar-refractivity contribution is -0.240. The van der Waals surface area contributed by atoms with Gasteiger partial charge in [-0.15, -0.1) is 0 Å². The molecule has 16 heavy (non-hydrogen) atoms. The summed E-state index contributed by atoms with van der Waals surface area (Å²) in [6.07, 6.45) is 3.30. The molecule has 3 atom stereocenters. The molecule has 88 valence electrons. The number of carbonyl (C=O) groups excluding carboxylic acids is 2. The number of Topliss-reactive ketones (excluding diaryl/α,β-unsaturated/α-hetero) is 1. The van der Waals surface area contributed by atoms with Crippen molar-refractivity contribution in [3.63, 3.8) is 0 Å². The predicted octanol–water partition coefficient (Wildman–Crippen LogP) is 1.94. The van der Waals surface area contributed by atoms with Crippen molar-refractivity contribution >= 4 is 11.8 Å². The summed E-state index contributed by atoms with van der Waals surface area (Å²) in [5, 5.41) is 0. The first-order valence-electron chi connectivity index (χ1n) is 6.21. The molecular weight excluding hydrogens is 204 g/mol. The number of cyclic esters (lactones) is 1. The zero-order valence-corrected chi connectivity index (χ0v) is 9.91. The molecule has 1 spiro atoms. The average Bonchev–Trinajstić information content (AvgIpc) is 2.21. The van der Waals surface area contributed by atoms with Crippen molar-refractivity contribution in [3.8, 4) is 0 Å². The Morgan fingerprint density at radius 1 is 1.31 bits per heavy atom. The largest absolute Gasteiger partial charge is 0.465 e. The highest BCUT2D eigenvalue weighted by Crippen LogP contribution is 2.70. The van der Waals surface area contributed by atoms with Crippen molar-refractivity contribution in [2.75, 3.05) is 6.61 Å². The second kappa shape index (κ2) is 2.88. The summed E-state index contributed by atoms with van der Waals surface area (Å²) in [7, 11) is 0. The fraction of sp³-hybridized carbons (Fsp3) is 0.846. The van der Waals surface area contributed by atoms with E-state index in [2.05, 4.69) is 13.8 Å². The van der Waals surface area contributed by atoms with Crippen LogP contribution < -0.4 is 0 Å². The van der Waals surface area contributed by atoms with Gasteiger partial charge in [0, 0.05) is 12.3 Å². The molecule has 0 N–H and O–H groups in total. The van der Waals surface area contributed by atoms with Gasteiger partial charge in [-0.3, -0.25) is 9.59 Å². The van der Waals surface area contributed by atoms with E-state index in [0.717, 1.165) is 19.3 Å². The number of rotatable bonds is 0.